The second-order valence-corrected chi connectivity index (χ2v) is 5.37. The third-order valence-corrected chi connectivity index (χ3v) is 3.21. The molecule has 1 aromatic carbocycles. The summed E-state index contributed by atoms with van der Waals surface area (Å²) in [6, 6.07) is 3.40. The molecule has 0 unspecified atom stereocenters. The summed E-state index contributed by atoms with van der Waals surface area (Å²) >= 11 is 0. The van der Waals surface area contributed by atoms with Gasteiger partial charge in [-0.25, -0.2) is 4.79 Å². The normalized spacial score (nSPS) is 12.2. The quantitative estimate of drug-likeness (QED) is 0.763. The molecule has 0 aromatic heterocycles. The van der Waals surface area contributed by atoms with E-state index in [0.717, 1.165) is 12.1 Å². The van der Waals surface area contributed by atoms with Crippen LogP contribution >= 0.6 is 0 Å². The Morgan fingerprint density at radius 2 is 1.92 bits per heavy atom. The Balaban J connectivity index is 2.45. The van der Waals surface area contributed by atoms with Crippen LogP contribution in [0.3, 0.4) is 0 Å². The van der Waals surface area contributed by atoms with Gasteiger partial charge in [-0.15, -0.1) is 0 Å². The van der Waals surface area contributed by atoms with Crippen LogP contribution in [0.15, 0.2) is 24.3 Å². The third-order valence-electron chi connectivity index (χ3n) is 3.21. The molecule has 6 nitrogen and oxygen atoms in total. The van der Waals surface area contributed by atoms with Gasteiger partial charge in [-0.05, 0) is 25.0 Å². The Morgan fingerprint density at radius 3 is 2.52 bits per heavy atom. The van der Waals surface area contributed by atoms with Crippen molar-refractivity contribution in [3.8, 4) is 0 Å². The second-order valence-electron chi connectivity index (χ2n) is 5.37. The molecule has 0 aliphatic carbocycles. The van der Waals surface area contributed by atoms with Gasteiger partial charge in [0, 0.05) is 6.04 Å². The first-order chi connectivity index (χ1) is 11.6. The van der Waals surface area contributed by atoms with E-state index in [1.165, 1.54) is 12.1 Å². The molecule has 0 fully saturated rings. The number of benzene rings is 1. The van der Waals surface area contributed by atoms with Crippen LogP contribution in [0.2, 0.25) is 0 Å². The Labute approximate surface area is 142 Å². The molecular formula is C16H19F3N2O4. The lowest BCUT2D eigenvalue weighted by Crippen LogP contribution is -2.44. The zero-order valence-electron chi connectivity index (χ0n) is 13.8. The number of esters is 1. The standard InChI is InChI=1S/C16H19F3N2O4/c1-3-10(2)20-15(24)21-13(22)9-25-14(23)8-11-5-4-6-12(7-11)16(17,18)19/h4-7,10H,3,8-9H2,1-2H3,(H2,20,21,22,24)/t10-/m1/s1. The molecule has 138 valence electrons. The molecule has 1 aromatic rings. The highest BCUT2D eigenvalue weighted by atomic mass is 19.4. The van der Waals surface area contributed by atoms with E-state index in [1.54, 1.807) is 6.92 Å². The number of rotatable bonds is 6. The molecule has 0 aliphatic heterocycles. The number of alkyl halides is 3. The van der Waals surface area contributed by atoms with Crippen molar-refractivity contribution in [1.82, 2.24) is 10.6 Å². The van der Waals surface area contributed by atoms with Crippen molar-refractivity contribution in [2.24, 2.45) is 0 Å². The van der Waals surface area contributed by atoms with E-state index in [2.05, 4.69) is 10.1 Å². The number of ether oxygens (including phenoxy) is 1. The van der Waals surface area contributed by atoms with Gasteiger partial charge in [-0.1, -0.05) is 25.1 Å². The van der Waals surface area contributed by atoms with Crippen molar-refractivity contribution in [2.75, 3.05) is 6.61 Å². The molecule has 3 amide bonds. The van der Waals surface area contributed by atoms with Gasteiger partial charge in [-0.3, -0.25) is 14.9 Å². The van der Waals surface area contributed by atoms with Crippen molar-refractivity contribution in [3.05, 3.63) is 35.4 Å². The van der Waals surface area contributed by atoms with E-state index in [1.807, 2.05) is 12.2 Å². The number of halogens is 3. The summed E-state index contributed by atoms with van der Waals surface area (Å²) in [7, 11) is 0. The highest BCUT2D eigenvalue weighted by Gasteiger charge is 2.30. The minimum atomic E-state index is -4.51. The van der Waals surface area contributed by atoms with Gasteiger partial charge in [0.1, 0.15) is 0 Å². The zero-order valence-corrected chi connectivity index (χ0v) is 13.8. The fourth-order valence-corrected chi connectivity index (χ4v) is 1.75. The van der Waals surface area contributed by atoms with E-state index in [4.69, 9.17) is 0 Å². The van der Waals surface area contributed by atoms with Crippen molar-refractivity contribution < 1.29 is 32.3 Å². The Morgan fingerprint density at radius 1 is 1.24 bits per heavy atom. The fourth-order valence-electron chi connectivity index (χ4n) is 1.75. The lowest BCUT2D eigenvalue weighted by molar-refractivity contribution is -0.147. The summed E-state index contributed by atoms with van der Waals surface area (Å²) in [6.07, 6.45) is -4.26. The third kappa shape index (κ3) is 7.69. The topological polar surface area (TPSA) is 84.5 Å². The fraction of sp³-hybridized carbons (Fsp3) is 0.438. The Hall–Kier alpha value is -2.58. The summed E-state index contributed by atoms with van der Waals surface area (Å²) in [4.78, 5) is 34.5. The summed E-state index contributed by atoms with van der Waals surface area (Å²) in [5, 5.41) is 4.47. The van der Waals surface area contributed by atoms with Crippen LogP contribution in [-0.2, 0) is 26.9 Å². The molecule has 0 saturated carbocycles. The maximum atomic E-state index is 12.6. The number of carbonyl (C=O) groups is 3. The van der Waals surface area contributed by atoms with E-state index in [9.17, 15) is 27.6 Å². The number of nitrogens with one attached hydrogen (secondary N) is 2. The summed E-state index contributed by atoms with van der Waals surface area (Å²) in [5.41, 5.74) is -0.771. The summed E-state index contributed by atoms with van der Waals surface area (Å²) in [5.74, 6) is -1.71. The van der Waals surface area contributed by atoms with E-state index >= 15 is 0 Å². The van der Waals surface area contributed by atoms with Crippen LogP contribution in [0.5, 0.6) is 0 Å². The lowest BCUT2D eigenvalue weighted by Gasteiger charge is -2.12. The summed E-state index contributed by atoms with van der Waals surface area (Å²) < 4.78 is 42.4. The lowest BCUT2D eigenvalue weighted by atomic mass is 10.1. The maximum absolute atomic E-state index is 12.6. The second kappa shape index (κ2) is 9.05. The predicted octanol–water partition coefficient (Wildman–Crippen LogP) is 2.42. The van der Waals surface area contributed by atoms with E-state index in [-0.39, 0.29) is 11.6 Å². The first-order valence-corrected chi connectivity index (χ1v) is 7.54. The van der Waals surface area contributed by atoms with Crippen molar-refractivity contribution in [3.63, 3.8) is 0 Å². The SMILES string of the molecule is CC[C@@H](C)NC(=O)NC(=O)COC(=O)Cc1cccc(C(F)(F)F)c1. The van der Waals surface area contributed by atoms with Gasteiger partial charge in [0.15, 0.2) is 6.61 Å². The first-order valence-electron chi connectivity index (χ1n) is 7.54. The van der Waals surface area contributed by atoms with Crippen molar-refractivity contribution in [2.45, 2.75) is 38.9 Å². The minimum Gasteiger partial charge on any atom is -0.455 e. The van der Waals surface area contributed by atoms with Crippen LogP contribution < -0.4 is 10.6 Å². The highest BCUT2D eigenvalue weighted by molar-refractivity contribution is 5.95. The molecular weight excluding hydrogens is 341 g/mol. The van der Waals surface area contributed by atoms with Gasteiger partial charge in [-0.2, -0.15) is 13.2 Å². The highest BCUT2D eigenvalue weighted by Crippen LogP contribution is 2.29. The smallest absolute Gasteiger partial charge is 0.416 e. The maximum Gasteiger partial charge on any atom is 0.416 e. The van der Waals surface area contributed by atoms with Crippen LogP contribution in [0, 0.1) is 0 Å². The van der Waals surface area contributed by atoms with Gasteiger partial charge >= 0.3 is 18.2 Å². The van der Waals surface area contributed by atoms with E-state index < -0.39 is 42.7 Å². The van der Waals surface area contributed by atoms with Gasteiger partial charge in [0.05, 0.1) is 12.0 Å². The molecule has 0 spiro atoms. The minimum absolute atomic E-state index is 0.106. The molecule has 25 heavy (non-hydrogen) atoms. The molecule has 9 heteroatoms. The molecule has 0 heterocycles. The van der Waals surface area contributed by atoms with Crippen molar-refractivity contribution >= 4 is 17.9 Å². The predicted molar refractivity (Wildman–Crippen MR) is 82.5 cm³/mol. The Kier molecular flexibility index (Phi) is 7.41. The first kappa shape index (κ1) is 20.5. The molecule has 2 N–H and O–H groups in total. The number of carbonyl (C=O) groups excluding carboxylic acids is 3. The van der Waals surface area contributed by atoms with Gasteiger partial charge in [0.2, 0.25) is 0 Å². The molecule has 0 radical (unpaired) electrons. The Bertz CT molecular complexity index is 632. The molecule has 0 aliphatic rings. The molecule has 0 saturated heterocycles. The van der Waals surface area contributed by atoms with Crippen LogP contribution in [0.25, 0.3) is 0 Å². The van der Waals surface area contributed by atoms with Crippen LogP contribution in [0.1, 0.15) is 31.4 Å². The molecule has 1 atom stereocenters. The molecule has 1 rings (SSSR count). The number of hydrogen-bond donors (Lipinski definition) is 2. The number of imide groups is 1. The van der Waals surface area contributed by atoms with Crippen LogP contribution in [-0.4, -0.2) is 30.6 Å². The number of hydrogen-bond acceptors (Lipinski definition) is 4. The summed E-state index contributed by atoms with van der Waals surface area (Å²) in [6.45, 7) is 2.90. The largest absolute Gasteiger partial charge is 0.455 e. The zero-order chi connectivity index (χ0) is 19.0. The molecule has 0 bridgehead atoms. The van der Waals surface area contributed by atoms with Gasteiger partial charge in [0.25, 0.3) is 5.91 Å². The average Bonchev–Trinajstić information content (AvgIpc) is 2.52. The van der Waals surface area contributed by atoms with E-state index in [0.29, 0.717) is 6.42 Å². The monoisotopic (exact) mass is 360 g/mol. The van der Waals surface area contributed by atoms with Gasteiger partial charge < -0.3 is 10.1 Å². The number of urea groups is 1. The van der Waals surface area contributed by atoms with Crippen molar-refractivity contribution in [1.29, 1.82) is 0 Å². The number of amides is 3. The average molecular weight is 360 g/mol. The van der Waals surface area contributed by atoms with Crippen LogP contribution in [0.4, 0.5) is 18.0 Å².